The lowest BCUT2D eigenvalue weighted by Gasteiger charge is -2.20. The first kappa shape index (κ1) is 22.3. The van der Waals surface area contributed by atoms with Crippen LogP contribution in [0.15, 0.2) is 66.9 Å². The van der Waals surface area contributed by atoms with E-state index in [1.54, 1.807) is 6.07 Å². The van der Waals surface area contributed by atoms with Crippen LogP contribution in [0.4, 0.5) is 8.78 Å². The lowest BCUT2D eigenvalue weighted by atomic mass is 10.0. The van der Waals surface area contributed by atoms with Crippen LogP contribution in [0.5, 0.6) is 11.5 Å². The van der Waals surface area contributed by atoms with E-state index in [1.807, 2.05) is 0 Å². The number of para-hydroxylation sites is 1. The molecule has 0 atom stereocenters. The number of rotatable bonds is 5. The summed E-state index contributed by atoms with van der Waals surface area (Å²) in [6, 6.07) is 14.0. The second kappa shape index (κ2) is 8.91. The Labute approximate surface area is 192 Å². The first-order valence-corrected chi connectivity index (χ1v) is 10.2. The van der Waals surface area contributed by atoms with Gasteiger partial charge in [0, 0.05) is 35.8 Å². The fourth-order valence-electron chi connectivity index (χ4n) is 3.47. The number of nitrogens with zero attached hydrogens (tertiary/aromatic N) is 3. The minimum Gasteiger partial charge on any atom is -0.507 e. The molecule has 0 saturated carbocycles. The molecule has 1 aromatic heterocycles. The Bertz CT molecular complexity index is 1340. The Morgan fingerprint density at radius 1 is 1.03 bits per heavy atom. The van der Waals surface area contributed by atoms with Gasteiger partial charge in [-0.1, -0.05) is 29.8 Å². The van der Waals surface area contributed by atoms with Gasteiger partial charge in [-0.15, -0.1) is 0 Å². The van der Waals surface area contributed by atoms with E-state index in [0.717, 1.165) is 6.07 Å². The van der Waals surface area contributed by atoms with E-state index in [2.05, 4.69) is 5.10 Å². The van der Waals surface area contributed by atoms with Crippen LogP contribution in [0.3, 0.4) is 0 Å². The van der Waals surface area contributed by atoms with Crippen LogP contribution in [0, 0.1) is 11.6 Å². The number of carbonyl (C=O) groups excluding carboxylic acids is 1. The zero-order valence-electron chi connectivity index (χ0n) is 17.3. The summed E-state index contributed by atoms with van der Waals surface area (Å²) in [6.07, 6.45) is 1.42. The molecule has 0 unspecified atom stereocenters. The topological polar surface area (TPSA) is 78.6 Å². The second-order valence-corrected chi connectivity index (χ2v) is 7.73. The predicted octanol–water partition coefficient (Wildman–Crippen LogP) is 5.15. The number of halogens is 3. The van der Waals surface area contributed by atoms with Crippen molar-refractivity contribution in [2.45, 2.75) is 6.54 Å². The van der Waals surface area contributed by atoms with E-state index in [9.17, 15) is 23.8 Å². The number of hydrogen-bond donors (Lipinski definition) is 2. The van der Waals surface area contributed by atoms with Crippen molar-refractivity contribution >= 4 is 17.5 Å². The van der Waals surface area contributed by atoms with Gasteiger partial charge in [-0.05, 0) is 36.4 Å². The molecule has 0 aliphatic heterocycles. The molecule has 0 aliphatic carbocycles. The fraction of sp³-hybridized carbons (Fsp3) is 0.0833. The van der Waals surface area contributed by atoms with Crippen molar-refractivity contribution in [2.75, 3.05) is 7.05 Å². The second-order valence-electron chi connectivity index (χ2n) is 7.33. The van der Waals surface area contributed by atoms with Gasteiger partial charge in [-0.3, -0.25) is 4.79 Å². The highest BCUT2D eigenvalue weighted by Crippen LogP contribution is 2.36. The summed E-state index contributed by atoms with van der Waals surface area (Å²) in [5, 5.41) is 25.1. The van der Waals surface area contributed by atoms with Crippen molar-refractivity contribution < 1.29 is 23.8 Å². The number of carbonyl (C=O) groups is 1. The molecular formula is C24H18ClF2N3O3. The standard InChI is InChI=1S/C24H18ClF2N3O3/c1-29(13-16-17(25)5-4-7-18(16)26)24(33)15-11-14(22(31)12-23(15)32)20-9-10-28-30(20)21-8-3-2-6-19(21)27/h2-12,31-32H,13H2,1H3. The summed E-state index contributed by atoms with van der Waals surface area (Å²) < 4.78 is 29.8. The monoisotopic (exact) mass is 469 g/mol. The SMILES string of the molecule is CN(Cc1c(F)cccc1Cl)C(=O)c1cc(-c2ccnn2-c2ccccc2F)c(O)cc1O. The Kier molecular flexibility index (Phi) is 6.02. The number of phenolic OH excluding ortho intramolecular Hbond substituents is 2. The molecule has 33 heavy (non-hydrogen) atoms. The van der Waals surface area contributed by atoms with E-state index >= 15 is 0 Å². The van der Waals surface area contributed by atoms with Crippen LogP contribution in [0.1, 0.15) is 15.9 Å². The number of phenols is 2. The molecule has 0 saturated heterocycles. The predicted molar refractivity (Wildman–Crippen MR) is 119 cm³/mol. The van der Waals surface area contributed by atoms with E-state index in [4.69, 9.17) is 11.6 Å². The third-order valence-corrected chi connectivity index (χ3v) is 5.50. The lowest BCUT2D eigenvalue weighted by molar-refractivity contribution is 0.0781. The van der Waals surface area contributed by atoms with Gasteiger partial charge in [0.1, 0.15) is 28.8 Å². The van der Waals surface area contributed by atoms with Crippen molar-refractivity contribution in [2.24, 2.45) is 0 Å². The molecule has 4 aromatic rings. The fourth-order valence-corrected chi connectivity index (χ4v) is 3.70. The largest absolute Gasteiger partial charge is 0.507 e. The Hall–Kier alpha value is -3.91. The van der Waals surface area contributed by atoms with E-state index in [0.29, 0.717) is 5.69 Å². The third kappa shape index (κ3) is 4.25. The van der Waals surface area contributed by atoms with Gasteiger partial charge < -0.3 is 15.1 Å². The molecular weight excluding hydrogens is 452 g/mol. The third-order valence-electron chi connectivity index (χ3n) is 5.15. The maximum atomic E-state index is 14.3. The molecule has 1 amide bonds. The van der Waals surface area contributed by atoms with Gasteiger partial charge >= 0.3 is 0 Å². The molecule has 3 aromatic carbocycles. The molecule has 2 N–H and O–H groups in total. The smallest absolute Gasteiger partial charge is 0.257 e. The normalized spacial score (nSPS) is 10.9. The van der Waals surface area contributed by atoms with Crippen molar-refractivity contribution in [1.82, 2.24) is 14.7 Å². The Balaban J connectivity index is 1.73. The summed E-state index contributed by atoms with van der Waals surface area (Å²) in [7, 11) is 1.43. The number of benzene rings is 3. The molecule has 6 nitrogen and oxygen atoms in total. The van der Waals surface area contributed by atoms with Crippen LogP contribution < -0.4 is 0 Å². The molecule has 1 heterocycles. The van der Waals surface area contributed by atoms with Crippen LogP contribution >= 0.6 is 11.6 Å². The van der Waals surface area contributed by atoms with Gasteiger partial charge in [-0.25, -0.2) is 13.5 Å². The highest BCUT2D eigenvalue weighted by molar-refractivity contribution is 6.31. The highest BCUT2D eigenvalue weighted by atomic mass is 35.5. The number of aromatic nitrogens is 2. The Morgan fingerprint density at radius 3 is 2.48 bits per heavy atom. The minimum absolute atomic E-state index is 0.131. The van der Waals surface area contributed by atoms with E-state index < -0.39 is 23.3 Å². The molecule has 0 aliphatic rings. The molecule has 0 fully saturated rings. The summed E-state index contributed by atoms with van der Waals surface area (Å²) in [6.45, 7) is -0.146. The molecule has 168 valence electrons. The molecule has 9 heteroatoms. The zero-order chi connectivity index (χ0) is 23.7. The molecule has 0 spiro atoms. The number of hydrogen-bond acceptors (Lipinski definition) is 4. The Morgan fingerprint density at radius 2 is 1.76 bits per heavy atom. The first-order valence-electron chi connectivity index (χ1n) is 9.81. The summed E-state index contributed by atoms with van der Waals surface area (Å²) in [5.74, 6) is -2.53. The molecule has 0 radical (unpaired) electrons. The first-order chi connectivity index (χ1) is 15.8. The van der Waals surface area contributed by atoms with Crippen molar-refractivity contribution in [1.29, 1.82) is 0 Å². The van der Waals surface area contributed by atoms with Crippen LogP contribution in [0.2, 0.25) is 5.02 Å². The molecule has 0 bridgehead atoms. The number of amides is 1. The lowest BCUT2D eigenvalue weighted by Crippen LogP contribution is -2.27. The summed E-state index contributed by atoms with van der Waals surface area (Å²) in [5.41, 5.74) is 0.579. The quantitative estimate of drug-likeness (QED) is 0.423. The summed E-state index contributed by atoms with van der Waals surface area (Å²) >= 11 is 6.06. The van der Waals surface area contributed by atoms with Crippen LogP contribution in [0.25, 0.3) is 16.9 Å². The highest BCUT2D eigenvalue weighted by Gasteiger charge is 2.23. The average Bonchev–Trinajstić information content (AvgIpc) is 3.25. The minimum atomic E-state index is -0.634. The maximum absolute atomic E-state index is 14.3. The van der Waals surface area contributed by atoms with Gasteiger partial charge in [0.15, 0.2) is 0 Å². The van der Waals surface area contributed by atoms with Crippen molar-refractivity contribution in [3.63, 3.8) is 0 Å². The van der Waals surface area contributed by atoms with Gasteiger partial charge in [-0.2, -0.15) is 5.10 Å². The zero-order valence-corrected chi connectivity index (χ0v) is 18.1. The van der Waals surface area contributed by atoms with Crippen molar-refractivity contribution in [3.8, 4) is 28.4 Å². The number of aromatic hydroxyl groups is 2. The average molecular weight is 470 g/mol. The summed E-state index contributed by atoms with van der Waals surface area (Å²) in [4.78, 5) is 14.3. The van der Waals surface area contributed by atoms with Gasteiger partial charge in [0.25, 0.3) is 5.91 Å². The van der Waals surface area contributed by atoms with Crippen molar-refractivity contribution in [3.05, 3.63) is 94.6 Å². The maximum Gasteiger partial charge on any atom is 0.257 e. The van der Waals surface area contributed by atoms with Gasteiger partial charge in [0.2, 0.25) is 0 Å². The van der Waals surface area contributed by atoms with Gasteiger partial charge in [0.05, 0.1) is 17.5 Å². The van der Waals surface area contributed by atoms with E-state index in [1.165, 1.54) is 71.4 Å². The molecule has 4 rings (SSSR count). The van der Waals surface area contributed by atoms with E-state index in [-0.39, 0.29) is 39.7 Å². The van der Waals surface area contributed by atoms with Crippen LogP contribution in [-0.4, -0.2) is 37.8 Å². The van der Waals surface area contributed by atoms with Crippen LogP contribution in [-0.2, 0) is 6.54 Å².